The molecule has 0 aliphatic rings. The van der Waals surface area contributed by atoms with Crippen molar-refractivity contribution in [3.63, 3.8) is 0 Å². The van der Waals surface area contributed by atoms with Crippen LogP contribution in [0.4, 0.5) is 0 Å². The highest BCUT2D eigenvalue weighted by Crippen LogP contribution is 2.28. The number of pyridine rings is 2. The first-order chi connectivity index (χ1) is 16.0. The van der Waals surface area contributed by atoms with E-state index in [2.05, 4.69) is 15.0 Å². The van der Waals surface area contributed by atoms with Gasteiger partial charge in [-0.1, -0.05) is 11.6 Å². The van der Waals surface area contributed by atoms with Gasteiger partial charge in [0.1, 0.15) is 23.0 Å². The van der Waals surface area contributed by atoms with Gasteiger partial charge in [-0.25, -0.2) is 9.97 Å². The van der Waals surface area contributed by atoms with Crippen molar-refractivity contribution >= 4 is 22.9 Å². The van der Waals surface area contributed by atoms with Crippen LogP contribution in [0.1, 0.15) is 41.4 Å². The molecule has 0 fully saturated rings. The highest BCUT2D eigenvalue weighted by molar-refractivity contribution is 7.10. The Morgan fingerprint density at radius 2 is 1.91 bits per heavy atom. The van der Waals surface area contributed by atoms with Gasteiger partial charge in [0, 0.05) is 34.6 Å². The number of rotatable bonds is 6. The van der Waals surface area contributed by atoms with Crippen LogP contribution in [0.3, 0.4) is 0 Å². The van der Waals surface area contributed by atoms with E-state index >= 15 is 0 Å². The van der Waals surface area contributed by atoms with E-state index < -0.39 is 5.60 Å². The van der Waals surface area contributed by atoms with Crippen LogP contribution in [0.5, 0.6) is 5.75 Å². The van der Waals surface area contributed by atoms with Crippen molar-refractivity contribution in [2.24, 2.45) is 0 Å². The third-order valence-electron chi connectivity index (χ3n) is 5.26. The highest BCUT2D eigenvalue weighted by Gasteiger charge is 2.21. The molecule has 0 aromatic carbocycles. The SMILES string of the molecule is Cc1cc(COc2cc(C)n(-c3cc(-c4ccnc(C(C)(C)O)n4)ncc3C)c(=O)c2Cl)cs1. The van der Waals surface area contributed by atoms with E-state index in [9.17, 15) is 9.90 Å². The topological polar surface area (TPSA) is 90.1 Å². The fourth-order valence-electron chi connectivity index (χ4n) is 3.51. The number of ether oxygens (including phenoxy) is 1. The maximum atomic E-state index is 13.3. The van der Waals surface area contributed by atoms with Crippen LogP contribution in [-0.4, -0.2) is 24.6 Å². The first-order valence-electron chi connectivity index (χ1n) is 10.7. The third-order valence-corrected chi connectivity index (χ3v) is 6.52. The Balaban J connectivity index is 1.73. The number of aryl methyl sites for hydroxylation is 3. The lowest BCUT2D eigenvalue weighted by Gasteiger charge is -2.17. The Kier molecular flexibility index (Phi) is 6.58. The summed E-state index contributed by atoms with van der Waals surface area (Å²) in [6.45, 7) is 9.31. The molecule has 0 bridgehead atoms. The summed E-state index contributed by atoms with van der Waals surface area (Å²) < 4.78 is 7.41. The summed E-state index contributed by atoms with van der Waals surface area (Å²) in [7, 11) is 0. The maximum Gasteiger partial charge on any atom is 0.277 e. The molecule has 0 atom stereocenters. The molecule has 0 amide bonds. The fraction of sp³-hybridized carbons (Fsp3) is 0.280. The Morgan fingerprint density at radius 1 is 1.15 bits per heavy atom. The lowest BCUT2D eigenvalue weighted by atomic mass is 10.1. The second kappa shape index (κ2) is 9.29. The normalized spacial score (nSPS) is 11.6. The van der Waals surface area contributed by atoms with Crippen molar-refractivity contribution < 1.29 is 9.84 Å². The predicted molar refractivity (Wildman–Crippen MR) is 134 cm³/mol. The molecule has 0 aliphatic carbocycles. The van der Waals surface area contributed by atoms with Crippen molar-refractivity contribution in [3.05, 3.63) is 84.9 Å². The molecule has 4 rings (SSSR count). The molecule has 176 valence electrons. The van der Waals surface area contributed by atoms with Crippen molar-refractivity contribution in [1.29, 1.82) is 0 Å². The first-order valence-corrected chi connectivity index (χ1v) is 11.9. The molecule has 0 aliphatic heterocycles. The lowest BCUT2D eigenvalue weighted by molar-refractivity contribution is 0.0688. The lowest BCUT2D eigenvalue weighted by Crippen LogP contribution is -2.23. The van der Waals surface area contributed by atoms with Crippen LogP contribution in [0.15, 0.2) is 46.8 Å². The summed E-state index contributed by atoms with van der Waals surface area (Å²) >= 11 is 8.10. The monoisotopic (exact) mass is 496 g/mol. The number of aromatic nitrogens is 4. The molecule has 4 heterocycles. The zero-order chi connectivity index (χ0) is 24.6. The van der Waals surface area contributed by atoms with Gasteiger partial charge in [-0.2, -0.15) is 0 Å². The van der Waals surface area contributed by atoms with E-state index in [-0.39, 0.29) is 16.4 Å². The van der Waals surface area contributed by atoms with Crippen LogP contribution in [0.2, 0.25) is 5.02 Å². The van der Waals surface area contributed by atoms with E-state index in [1.165, 1.54) is 4.88 Å². The average molecular weight is 497 g/mol. The molecular weight excluding hydrogens is 472 g/mol. The molecule has 7 nitrogen and oxygen atoms in total. The van der Waals surface area contributed by atoms with Crippen LogP contribution < -0.4 is 10.3 Å². The van der Waals surface area contributed by atoms with Gasteiger partial charge in [0.2, 0.25) is 0 Å². The second-order valence-corrected chi connectivity index (χ2v) is 10.1. The Hall–Kier alpha value is -3.07. The van der Waals surface area contributed by atoms with E-state index in [1.54, 1.807) is 60.3 Å². The molecule has 0 radical (unpaired) electrons. The third kappa shape index (κ3) is 4.89. The van der Waals surface area contributed by atoms with E-state index in [1.807, 2.05) is 32.2 Å². The van der Waals surface area contributed by atoms with Crippen LogP contribution in [0, 0.1) is 20.8 Å². The minimum absolute atomic E-state index is 0.0154. The number of aliphatic hydroxyl groups is 1. The Bertz CT molecular complexity index is 1420. The summed E-state index contributed by atoms with van der Waals surface area (Å²) in [5, 5.41) is 12.3. The van der Waals surface area contributed by atoms with E-state index in [0.29, 0.717) is 35.1 Å². The van der Waals surface area contributed by atoms with Crippen molar-refractivity contribution in [2.75, 3.05) is 0 Å². The molecular formula is C25H25ClN4O3S. The summed E-state index contributed by atoms with van der Waals surface area (Å²) in [4.78, 5) is 27.6. The molecule has 0 saturated carbocycles. The van der Waals surface area contributed by atoms with Crippen LogP contribution in [0.25, 0.3) is 17.1 Å². The number of nitrogens with zero attached hydrogens (tertiary/aromatic N) is 4. The summed E-state index contributed by atoms with van der Waals surface area (Å²) in [6, 6.07) is 7.30. The average Bonchev–Trinajstić information content (AvgIpc) is 3.21. The van der Waals surface area contributed by atoms with Crippen molar-refractivity contribution in [3.8, 4) is 22.8 Å². The molecule has 9 heteroatoms. The van der Waals surface area contributed by atoms with Crippen LogP contribution in [-0.2, 0) is 12.2 Å². The molecule has 1 N–H and O–H groups in total. The second-order valence-electron chi connectivity index (χ2n) is 8.64. The molecule has 0 spiro atoms. The van der Waals surface area contributed by atoms with Gasteiger partial charge in [0.25, 0.3) is 5.56 Å². The number of hydrogen-bond acceptors (Lipinski definition) is 7. The van der Waals surface area contributed by atoms with E-state index in [0.717, 1.165) is 11.1 Å². The Morgan fingerprint density at radius 3 is 2.59 bits per heavy atom. The van der Waals surface area contributed by atoms with Gasteiger partial charge >= 0.3 is 0 Å². The van der Waals surface area contributed by atoms with Gasteiger partial charge in [0.15, 0.2) is 5.82 Å². The van der Waals surface area contributed by atoms with E-state index in [4.69, 9.17) is 16.3 Å². The van der Waals surface area contributed by atoms with Crippen molar-refractivity contribution in [1.82, 2.24) is 19.5 Å². The number of hydrogen-bond donors (Lipinski definition) is 1. The predicted octanol–water partition coefficient (Wildman–Crippen LogP) is 5.14. The quantitative estimate of drug-likeness (QED) is 0.397. The van der Waals surface area contributed by atoms with Crippen LogP contribution >= 0.6 is 22.9 Å². The summed E-state index contributed by atoms with van der Waals surface area (Å²) in [5.41, 5.74) is 2.65. The van der Waals surface area contributed by atoms with Gasteiger partial charge in [-0.05, 0) is 63.8 Å². The minimum atomic E-state index is -1.19. The van der Waals surface area contributed by atoms with Gasteiger partial charge < -0.3 is 9.84 Å². The molecule has 0 unspecified atom stereocenters. The number of thiophene rings is 1. The zero-order valence-corrected chi connectivity index (χ0v) is 21.2. The largest absolute Gasteiger partial charge is 0.487 e. The fourth-order valence-corrected chi connectivity index (χ4v) is 4.40. The molecule has 4 aromatic heterocycles. The minimum Gasteiger partial charge on any atom is -0.487 e. The molecule has 0 saturated heterocycles. The first kappa shape index (κ1) is 24.1. The summed E-state index contributed by atoms with van der Waals surface area (Å²) in [5.74, 6) is 0.634. The zero-order valence-electron chi connectivity index (χ0n) is 19.6. The molecule has 34 heavy (non-hydrogen) atoms. The Labute approximate surface area is 206 Å². The highest BCUT2D eigenvalue weighted by atomic mass is 35.5. The summed E-state index contributed by atoms with van der Waals surface area (Å²) in [6.07, 6.45) is 3.26. The smallest absolute Gasteiger partial charge is 0.277 e. The van der Waals surface area contributed by atoms with Gasteiger partial charge in [-0.3, -0.25) is 14.3 Å². The van der Waals surface area contributed by atoms with Gasteiger partial charge in [0.05, 0.1) is 17.1 Å². The molecule has 4 aromatic rings. The maximum absolute atomic E-state index is 13.3. The standard InChI is InChI=1S/C25H25ClN4O3S/c1-14-11-28-19(18-6-7-27-24(29-18)25(4,5)32)10-20(14)30-15(2)8-21(22(26)23(30)31)33-12-17-9-16(3)34-13-17/h6-11,13,32H,12H2,1-5H3. The van der Waals surface area contributed by atoms with Crippen molar-refractivity contribution in [2.45, 2.75) is 46.8 Å². The number of halogens is 1. The van der Waals surface area contributed by atoms with Gasteiger partial charge in [-0.15, -0.1) is 11.3 Å².